The van der Waals surface area contributed by atoms with Crippen molar-refractivity contribution in [2.75, 3.05) is 14.1 Å². The van der Waals surface area contributed by atoms with Crippen LogP contribution in [-0.4, -0.2) is 19.0 Å². The molecule has 0 unspecified atom stereocenters. The van der Waals surface area contributed by atoms with Crippen LogP contribution in [0.25, 0.3) is 0 Å². The van der Waals surface area contributed by atoms with E-state index in [9.17, 15) is 4.39 Å². The summed E-state index contributed by atoms with van der Waals surface area (Å²) in [7, 11) is 4.17. The lowest BCUT2D eigenvalue weighted by atomic mass is 9.79. The van der Waals surface area contributed by atoms with Crippen molar-refractivity contribution in [1.82, 2.24) is 4.90 Å². The van der Waals surface area contributed by atoms with Gasteiger partial charge in [0.05, 0.1) is 12.2 Å². The van der Waals surface area contributed by atoms with E-state index < -0.39 is 0 Å². The van der Waals surface area contributed by atoms with Gasteiger partial charge in [0.15, 0.2) is 0 Å². The summed E-state index contributed by atoms with van der Waals surface area (Å²) in [5.74, 6) is -0.201. The van der Waals surface area contributed by atoms with Gasteiger partial charge in [0.25, 0.3) is 0 Å². The van der Waals surface area contributed by atoms with Gasteiger partial charge in [0, 0.05) is 6.54 Å². The van der Waals surface area contributed by atoms with Gasteiger partial charge in [-0.25, -0.2) is 4.39 Å². The van der Waals surface area contributed by atoms with E-state index in [4.69, 9.17) is 4.74 Å². The Balaban J connectivity index is 1.76. The molecule has 0 atom stereocenters. The number of benzene rings is 2. The Hall–Kier alpha value is -1.71. The molecule has 0 spiro atoms. The molecule has 134 valence electrons. The SMILES string of the molecule is CN(C)Cc1ccc(C2(OCc3ccc(F)cc3)CCCCC2)cc1. The zero-order valence-electron chi connectivity index (χ0n) is 15.3. The minimum atomic E-state index is -0.205. The Morgan fingerprint density at radius 2 is 1.48 bits per heavy atom. The smallest absolute Gasteiger partial charge is 0.123 e. The average molecular weight is 341 g/mol. The minimum absolute atomic E-state index is 0.201. The Morgan fingerprint density at radius 3 is 2.08 bits per heavy atom. The highest BCUT2D eigenvalue weighted by Crippen LogP contribution is 2.41. The molecule has 0 N–H and O–H groups in total. The molecule has 3 heteroatoms. The van der Waals surface area contributed by atoms with E-state index in [2.05, 4.69) is 43.3 Å². The molecule has 2 aromatic rings. The number of ether oxygens (including phenoxy) is 1. The first-order valence-electron chi connectivity index (χ1n) is 9.20. The second-order valence-corrected chi connectivity index (χ2v) is 7.40. The fourth-order valence-corrected chi connectivity index (χ4v) is 3.72. The van der Waals surface area contributed by atoms with Crippen molar-refractivity contribution < 1.29 is 9.13 Å². The predicted molar refractivity (Wildman–Crippen MR) is 99.8 cm³/mol. The summed E-state index contributed by atoms with van der Waals surface area (Å²) < 4.78 is 19.6. The molecule has 1 saturated carbocycles. The number of rotatable bonds is 6. The Kier molecular flexibility index (Phi) is 5.87. The first kappa shape index (κ1) is 18.1. The Morgan fingerprint density at radius 1 is 0.880 bits per heavy atom. The molecule has 0 radical (unpaired) electrons. The highest BCUT2D eigenvalue weighted by molar-refractivity contribution is 5.28. The zero-order chi connectivity index (χ0) is 17.7. The second-order valence-electron chi connectivity index (χ2n) is 7.40. The molecule has 1 aliphatic rings. The molecule has 0 amide bonds. The lowest BCUT2D eigenvalue weighted by Gasteiger charge is -2.38. The van der Waals surface area contributed by atoms with Gasteiger partial charge in [-0.05, 0) is 55.8 Å². The van der Waals surface area contributed by atoms with Gasteiger partial charge in [0.2, 0.25) is 0 Å². The van der Waals surface area contributed by atoms with Crippen molar-refractivity contribution in [3.05, 3.63) is 71.0 Å². The van der Waals surface area contributed by atoms with E-state index in [0.29, 0.717) is 6.61 Å². The van der Waals surface area contributed by atoms with Crippen LogP contribution in [0, 0.1) is 5.82 Å². The molecule has 3 rings (SSSR count). The maximum atomic E-state index is 13.1. The maximum absolute atomic E-state index is 13.1. The van der Waals surface area contributed by atoms with Crippen LogP contribution in [0.4, 0.5) is 4.39 Å². The van der Waals surface area contributed by atoms with E-state index in [-0.39, 0.29) is 11.4 Å². The summed E-state index contributed by atoms with van der Waals surface area (Å²) in [6, 6.07) is 15.5. The predicted octanol–water partition coefficient (Wildman–Crippen LogP) is 5.26. The minimum Gasteiger partial charge on any atom is -0.366 e. The van der Waals surface area contributed by atoms with Crippen LogP contribution in [0.3, 0.4) is 0 Å². The third kappa shape index (κ3) is 4.68. The van der Waals surface area contributed by atoms with E-state index in [1.165, 1.54) is 42.5 Å². The van der Waals surface area contributed by atoms with Crippen molar-refractivity contribution in [2.24, 2.45) is 0 Å². The molecule has 2 nitrogen and oxygen atoms in total. The third-order valence-electron chi connectivity index (χ3n) is 5.07. The van der Waals surface area contributed by atoms with Crippen LogP contribution in [0.5, 0.6) is 0 Å². The van der Waals surface area contributed by atoms with Gasteiger partial charge in [-0.3, -0.25) is 0 Å². The molecule has 0 aromatic heterocycles. The topological polar surface area (TPSA) is 12.5 Å². The summed E-state index contributed by atoms with van der Waals surface area (Å²) >= 11 is 0. The van der Waals surface area contributed by atoms with E-state index in [1.807, 2.05) is 12.1 Å². The molecular weight excluding hydrogens is 313 g/mol. The van der Waals surface area contributed by atoms with Gasteiger partial charge in [-0.2, -0.15) is 0 Å². The van der Waals surface area contributed by atoms with Gasteiger partial charge in [0.1, 0.15) is 5.82 Å². The Bertz CT molecular complexity index is 657. The molecule has 0 heterocycles. The van der Waals surface area contributed by atoms with Gasteiger partial charge in [-0.1, -0.05) is 55.7 Å². The third-order valence-corrected chi connectivity index (χ3v) is 5.07. The van der Waals surface area contributed by atoms with Crippen molar-refractivity contribution in [3.8, 4) is 0 Å². The molecule has 25 heavy (non-hydrogen) atoms. The standard InChI is InChI=1S/C22H28FNO/c1-24(2)16-18-6-10-20(11-7-18)22(14-4-3-5-15-22)25-17-19-8-12-21(23)13-9-19/h6-13H,3-5,14-17H2,1-2H3. The van der Waals surface area contributed by atoms with Crippen LogP contribution in [-0.2, 0) is 23.5 Å². The summed E-state index contributed by atoms with van der Waals surface area (Å²) in [5.41, 5.74) is 3.41. The van der Waals surface area contributed by atoms with E-state index >= 15 is 0 Å². The van der Waals surface area contributed by atoms with Crippen molar-refractivity contribution in [2.45, 2.75) is 50.9 Å². The first-order valence-corrected chi connectivity index (χ1v) is 9.20. The van der Waals surface area contributed by atoms with Gasteiger partial charge >= 0.3 is 0 Å². The average Bonchev–Trinajstić information content (AvgIpc) is 2.62. The van der Waals surface area contributed by atoms with Crippen molar-refractivity contribution in [1.29, 1.82) is 0 Å². The Labute approximate surface area is 150 Å². The lowest BCUT2D eigenvalue weighted by Crippen LogP contribution is -2.32. The van der Waals surface area contributed by atoms with Crippen molar-refractivity contribution in [3.63, 3.8) is 0 Å². The van der Waals surface area contributed by atoms with E-state index in [0.717, 1.165) is 24.9 Å². The maximum Gasteiger partial charge on any atom is 0.123 e. The summed E-state index contributed by atoms with van der Waals surface area (Å²) in [4.78, 5) is 2.18. The van der Waals surface area contributed by atoms with Crippen LogP contribution >= 0.6 is 0 Å². The fourth-order valence-electron chi connectivity index (χ4n) is 3.72. The number of hydrogen-bond donors (Lipinski definition) is 0. The molecule has 0 saturated heterocycles. The van der Waals surface area contributed by atoms with Crippen LogP contribution in [0.2, 0.25) is 0 Å². The van der Waals surface area contributed by atoms with Crippen LogP contribution in [0.15, 0.2) is 48.5 Å². The van der Waals surface area contributed by atoms with Crippen LogP contribution in [0.1, 0.15) is 48.8 Å². The lowest BCUT2D eigenvalue weighted by molar-refractivity contribution is -0.0865. The monoisotopic (exact) mass is 341 g/mol. The number of nitrogens with zero attached hydrogens (tertiary/aromatic N) is 1. The highest BCUT2D eigenvalue weighted by atomic mass is 19.1. The second kappa shape index (κ2) is 8.11. The quantitative estimate of drug-likeness (QED) is 0.710. The highest BCUT2D eigenvalue weighted by Gasteiger charge is 2.34. The number of halogens is 1. The van der Waals surface area contributed by atoms with Crippen LogP contribution < -0.4 is 0 Å². The molecule has 2 aromatic carbocycles. The van der Waals surface area contributed by atoms with Crippen molar-refractivity contribution >= 4 is 0 Å². The normalized spacial score (nSPS) is 17.0. The first-order chi connectivity index (χ1) is 12.1. The number of hydrogen-bond acceptors (Lipinski definition) is 2. The molecule has 1 fully saturated rings. The van der Waals surface area contributed by atoms with Gasteiger partial charge < -0.3 is 9.64 Å². The van der Waals surface area contributed by atoms with Gasteiger partial charge in [-0.15, -0.1) is 0 Å². The summed E-state index contributed by atoms with van der Waals surface area (Å²) in [6.45, 7) is 1.48. The molecular formula is C22H28FNO. The molecule has 1 aliphatic carbocycles. The molecule has 0 bridgehead atoms. The summed E-state index contributed by atoms with van der Waals surface area (Å²) in [6.07, 6.45) is 5.79. The van der Waals surface area contributed by atoms with E-state index in [1.54, 1.807) is 0 Å². The zero-order valence-corrected chi connectivity index (χ0v) is 15.3. The molecule has 0 aliphatic heterocycles. The summed E-state index contributed by atoms with van der Waals surface area (Å²) in [5, 5.41) is 0. The largest absolute Gasteiger partial charge is 0.366 e. The fraction of sp³-hybridized carbons (Fsp3) is 0.455.